The SMILES string of the molecule is Cc1cccn2cc(-c3ccc(NC(=O)Cc4ccc5c(c4)OCCO5)cc3)nc12. The number of anilines is 1. The fourth-order valence-corrected chi connectivity index (χ4v) is 3.61. The fraction of sp³-hybridized carbons (Fsp3) is 0.167. The van der Waals surface area contributed by atoms with Crippen molar-refractivity contribution in [2.45, 2.75) is 13.3 Å². The number of fused-ring (bicyclic) bond motifs is 2. The monoisotopic (exact) mass is 399 g/mol. The van der Waals surface area contributed by atoms with E-state index in [0.29, 0.717) is 19.0 Å². The fourth-order valence-electron chi connectivity index (χ4n) is 3.61. The maximum atomic E-state index is 12.5. The Hall–Kier alpha value is -3.80. The van der Waals surface area contributed by atoms with Crippen molar-refractivity contribution in [2.24, 2.45) is 0 Å². The highest BCUT2D eigenvalue weighted by molar-refractivity contribution is 5.92. The van der Waals surface area contributed by atoms with Crippen molar-refractivity contribution in [2.75, 3.05) is 18.5 Å². The molecule has 1 aliphatic rings. The zero-order valence-electron chi connectivity index (χ0n) is 16.6. The molecule has 0 radical (unpaired) electrons. The number of aromatic nitrogens is 2. The van der Waals surface area contributed by atoms with E-state index in [1.165, 1.54) is 0 Å². The van der Waals surface area contributed by atoms with Crippen LogP contribution in [-0.2, 0) is 11.2 Å². The third-order valence-electron chi connectivity index (χ3n) is 5.11. The second-order valence-corrected chi connectivity index (χ2v) is 7.33. The van der Waals surface area contributed by atoms with Gasteiger partial charge in [-0.2, -0.15) is 0 Å². The van der Waals surface area contributed by atoms with Gasteiger partial charge < -0.3 is 19.2 Å². The van der Waals surface area contributed by atoms with E-state index in [-0.39, 0.29) is 12.3 Å². The molecule has 1 N–H and O–H groups in total. The lowest BCUT2D eigenvalue weighted by Crippen LogP contribution is -2.17. The molecule has 0 fully saturated rings. The number of rotatable bonds is 4. The molecule has 6 nitrogen and oxygen atoms in total. The van der Waals surface area contributed by atoms with Gasteiger partial charge in [-0.05, 0) is 48.4 Å². The minimum atomic E-state index is -0.0808. The molecule has 0 atom stereocenters. The van der Waals surface area contributed by atoms with Crippen LogP contribution in [0.25, 0.3) is 16.9 Å². The molecule has 0 spiro atoms. The third-order valence-corrected chi connectivity index (χ3v) is 5.11. The summed E-state index contributed by atoms with van der Waals surface area (Å²) in [4.78, 5) is 17.2. The van der Waals surface area contributed by atoms with Crippen molar-refractivity contribution in [3.63, 3.8) is 0 Å². The largest absolute Gasteiger partial charge is 0.486 e. The number of hydrogen-bond donors (Lipinski definition) is 1. The van der Waals surface area contributed by atoms with Crippen LogP contribution in [0.2, 0.25) is 0 Å². The van der Waals surface area contributed by atoms with Gasteiger partial charge in [0.2, 0.25) is 5.91 Å². The van der Waals surface area contributed by atoms with Gasteiger partial charge in [-0.25, -0.2) is 4.98 Å². The lowest BCUT2D eigenvalue weighted by Gasteiger charge is -2.18. The van der Waals surface area contributed by atoms with Crippen molar-refractivity contribution in [3.8, 4) is 22.8 Å². The Kier molecular flexibility index (Phi) is 4.59. The van der Waals surface area contributed by atoms with E-state index in [0.717, 1.165) is 39.5 Å². The number of carbonyl (C=O) groups excluding carboxylic acids is 1. The molecule has 30 heavy (non-hydrogen) atoms. The summed E-state index contributed by atoms with van der Waals surface area (Å²) in [5.74, 6) is 1.34. The summed E-state index contributed by atoms with van der Waals surface area (Å²) in [6, 6.07) is 17.4. The quantitative estimate of drug-likeness (QED) is 0.557. The standard InChI is InChI=1S/C24H21N3O3/c1-16-3-2-10-27-15-20(26-24(16)27)18-5-7-19(8-6-18)25-23(28)14-17-4-9-21-22(13-17)30-12-11-29-21/h2-10,13,15H,11-12,14H2,1H3,(H,25,28). The molecular formula is C24H21N3O3. The van der Waals surface area contributed by atoms with E-state index < -0.39 is 0 Å². The van der Waals surface area contributed by atoms with Crippen LogP contribution in [0.5, 0.6) is 11.5 Å². The first-order valence-corrected chi connectivity index (χ1v) is 9.89. The van der Waals surface area contributed by atoms with Crippen LogP contribution in [0.1, 0.15) is 11.1 Å². The zero-order chi connectivity index (χ0) is 20.5. The number of nitrogens with zero attached hydrogens (tertiary/aromatic N) is 2. The van der Waals surface area contributed by atoms with Crippen LogP contribution >= 0.6 is 0 Å². The second kappa shape index (κ2) is 7.55. The Balaban J connectivity index is 1.27. The smallest absolute Gasteiger partial charge is 0.228 e. The molecule has 4 aromatic rings. The summed E-state index contributed by atoms with van der Waals surface area (Å²) < 4.78 is 13.1. The summed E-state index contributed by atoms with van der Waals surface area (Å²) in [5, 5.41) is 2.95. The van der Waals surface area contributed by atoms with Crippen LogP contribution in [0.4, 0.5) is 5.69 Å². The summed E-state index contributed by atoms with van der Waals surface area (Å²) in [6.07, 6.45) is 4.27. The number of amides is 1. The first kappa shape index (κ1) is 18.2. The molecule has 0 bridgehead atoms. The van der Waals surface area contributed by atoms with E-state index in [4.69, 9.17) is 14.5 Å². The summed E-state index contributed by atoms with van der Waals surface area (Å²) in [6.45, 7) is 3.13. The predicted octanol–water partition coefficient (Wildman–Crippen LogP) is 4.26. The number of hydrogen-bond acceptors (Lipinski definition) is 4. The lowest BCUT2D eigenvalue weighted by molar-refractivity contribution is -0.115. The Morgan fingerprint density at radius 1 is 1.07 bits per heavy atom. The molecule has 0 saturated heterocycles. The molecule has 0 saturated carbocycles. The van der Waals surface area contributed by atoms with E-state index in [1.54, 1.807) is 0 Å². The number of aryl methyl sites for hydroxylation is 1. The van der Waals surface area contributed by atoms with Crippen LogP contribution in [0.15, 0.2) is 67.0 Å². The van der Waals surface area contributed by atoms with Crippen LogP contribution in [0, 0.1) is 6.92 Å². The number of imidazole rings is 1. The third kappa shape index (κ3) is 3.59. The van der Waals surface area contributed by atoms with Gasteiger partial charge in [-0.1, -0.05) is 24.3 Å². The average molecular weight is 399 g/mol. The maximum absolute atomic E-state index is 12.5. The van der Waals surface area contributed by atoms with E-state index in [1.807, 2.05) is 78.3 Å². The molecule has 6 heteroatoms. The number of pyridine rings is 1. The Morgan fingerprint density at radius 2 is 1.87 bits per heavy atom. The van der Waals surface area contributed by atoms with Crippen LogP contribution in [-0.4, -0.2) is 28.5 Å². The highest BCUT2D eigenvalue weighted by Gasteiger charge is 2.13. The van der Waals surface area contributed by atoms with Crippen molar-refractivity contribution >= 4 is 17.2 Å². The van der Waals surface area contributed by atoms with Gasteiger partial charge in [-0.15, -0.1) is 0 Å². The topological polar surface area (TPSA) is 64.9 Å². The molecule has 3 heterocycles. The predicted molar refractivity (Wildman–Crippen MR) is 115 cm³/mol. The molecule has 150 valence electrons. The highest BCUT2D eigenvalue weighted by Crippen LogP contribution is 2.31. The Labute approximate surface area is 174 Å². The molecular weight excluding hydrogens is 378 g/mol. The molecule has 2 aromatic carbocycles. The van der Waals surface area contributed by atoms with Crippen molar-refractivity contribution in [1.29, 1.82) is 0 Å². The molecule has 2 aromatic heterocycles. The second-order valence-electron chi connectivity index (χ2n) is 7.33. The number of carbonyl (C=O) groups is 1. The average Bonchev–Trinajstić information content (AvgIpc) is 3.20. The van der Waals surface area contributed by atoms with Crippen molar-refractivity contribution in [1.82, 2.24) is 9.38 Å². The lowest BCUT2D eigenvalue weighted by atomic mass is 10.1. The molecule has 1 aliphatic heterocycles. The van der Waals surface area contributed by atoms with Gasteiger partial charge in [0.1, 0.15) is 18.9 Å². The minimum absolute atomic E-state index is 0.0808. The van der Waals surface area contributed by atoms with E-state index >= 15 is 0 Å². The first-order chi connectivity index (χ1) is 14.7. The summed E-state index contributed by atoms with van der Waals surface area (Å²) in [7, 11) is 0. The summed E-state index contributed by atoms with van der Waals surface area (Å²) in [5.41, 5.74) is 5.62. The van der Waals surface area contributed by atoms with Gasteiger partial charge in [0.25, 0.3) is 0 Å². The first-order valence-electron chi connectivity index (χ1n) is 9.89. The molecule has 0 unspecified atom stereocenters. The van der Waals surface area contributed by atoms with Gasteiger partial charge >= 0.3 is 0 Å². The van der Waals surface area contributed by atoms with Gasteiger partial charge in [0.05, 0.1) is 12.1 Å². The van der Waals surface area contributed by atoms with Crippen LogP contribution < -0.4 is 14.8 Å². The summed E-state index contributed by atoms with van der Waals surface area (Å²) >= 11 is 0. The molecule has 5 rings (SSSR count). The number of benzene rings is 2. The van der Waals surface area contributed by atoms with Crippen molar-refractivity contribution in [3.05, 3.63) is 78.1 Å². The highest BCUT2D eigenvalue weighted by atomic mass is 16.6. The van der Waals surface area contributed by atoms with Gasteiger partial charge in [-0.3, -0.25) is 4.79 Å². The van der Waals surface area contributed by atoms with E-state index in [2.05, 4.69) is 5.32 Å². The molecule has 0 aliphatic carbocycles. The minimum Gasteiger partial charge on any atom is -0.486 e. The Bertz CT molecular complexity index is 1230. The van der Waals surface area contributed by atoms with Crippen LogP contribution in [0.3, 0.4) is 0 Å². The zero-order valence-corrected chi connectivity index (χ0v) is 16.6. The molecule has 1 amide bonds. The van der Waals surface area contributed by atoms with Gasteiger partial charge in [0.15, 0.2) is 11.5 Å². The Morgan fingerprint density at radius 3 is 2.67 bits per heavy atom. The van der Waals surface area contributed by atoms with Crippen molar-refractivity contribution < 1.29 is 14.3 Å². The normalized spacial score (nSPS) is 12.7. The van der Waals surface area contributed by atoms with Gasteiger partial charge in [0, 0.05) is 23.6 Å². The maximum Gasteiger partial charge on any atom is 0.228 e. The van der Waals surface area contributed by atoms with E-state index in [9.17, 15) is 4.79 Å². The number of nitrogens with one attached hydrogen (secondary N) is 1. The number of ether oxygens (including phenoxy) is 2.